The zero-order valence-electron chi connectivity index (χ0n) is 11.6. The molecule has 0 bridgehead atoms. The van der Waals surface area contributed by atoms with Crippen molar-refractivity contribution in [3.8, 4) is 5.75 Å². The standard InChI is InChI=1S/C14H22O5/c1-4-18-14(19-5-2)13(16)12(15)10-6-8-11(17-3)9-7-10/h6-9,12-16H,4-5H2,1-3H3. The highest BCUT2D eigenvalue weighted by Crippen LogP contribution is 2.23. The topological polar surface area (TPSA) is 68.2 Å². The van der Waals surface area contributed by atoms with Gasteiger partial charge >= 0.3 is 0 Å². The summed E-state index contributed by atoms with van der Waals surface area (Å²) in [6, 6.07) is 6.84. The van der Waals surface area contributed by atoms with E-state index in [0.717, 1.165) is 0 Å². The Balaban J connectivity index is 2.74. The van der Waals surface area contributed by atoms with Gasteiger partial charge in [0.15, 0.2) is 6.29 Å². The average molecular weight is 270 g/mol. The van der Waals surface area contributed by atoms with Crippen LogP contribution in [0.5, 0.6) is 5.75 Å². The van der Waals surface area contributed by atoms with Crippen molar-refractivity contribution in [2.75, 3.05) is 20.3 Å². The van der Waals surface area contributed by atoms with E-state index in [1.54, 1.807) is 45.2 Å². The number of benzene rings is 1. The number of aliphatic hydroxyl groups is 2. The van der Waals surface area contributed by atoms with Crippen molar-refractivity contribution in [3.05, 3.63) is 29.8 Å². The zero-order valence-corrected chi connectivity index (χ0v) is 11.6. The van der Waals surface area contributed by atoms with Crippen molar-refractivity contribution in [1.29, 1.82) is 0 Å². The molecule has 2 atom stereocenters. The third-order valence-corrected chi connectivity index (χ3v) is 2.72. The molecule has 0 aliphatic rings. The molecule has 0 fully saturated rings. The predicted molar refractivity (Wildman–Crippen MR) is 71.0 cm³/mol. The zero-order chi connectivity index (χ0) is 14.3. The van der Waals surface area contributed by atoms with Crippen LogP contribution < -0.4 is 4.74 Å². The molecule has 1 rings (SSSR count). The highest BCUT2D eigenvalue weighted by atomic mass is 16.7. The van der Waals surface area contributed by atoms with Crippen LogP contribution in [0.3, 0.4) is 0 Å². The molecule has 1 aromatic rings. The summed E-state index contributed by atoms with van der Waals surface area (Å²) in [5.74, 6) is 0.691. The van der Waals surface area contributed by atoms with Crippen LogP contribution >= 0.6 is 0 Å². The lowest BCUT2D eigenvalue weighted by Crippen LogP contribution is -2.36. The predicted octanol–water partition coefficient (Wildman–Crippen LogP) is 1.49. The van der Waals surface area contributed by atoms with Crippen LogP contribution in [0.25, 0.3) is 0 Å². The van der Waals surface area contributed by atoms with Gasteiger partial charge in [0.05, 0.1) is 7.11 Å². The van der Waals surface area contributed by atoms with Gasteiger partial charge in [0.2, 0.25) is 0 Å². The summed E-state index contributed by atoms with van der Waals surface area (Å²) in [7, 11) is 1.57. The molecule has 2 N–H and O–H groups in total. The van der Waals surface area contributed by atoms with Gasteiger partial charge in [-0.15, -0.1) is 0 Å². The molecule has 2 unspecified atom stereocenters. The monoisotopic (exact) mass is 270 g/mol. The average Bonchev–Trinajstić information content (AvgIpc) is 2.45. The van der Waals surface area contributed by atoms with E-state index in [0.29, 0.717) is 24.5 Å². The van der Waals surface area contributed by atoms with Crippen LogP contribution in [0.15, 0.2) is 24.3 Å². The van der Waals surface area contributed by atoms with Gasteiger partial charge in [-0.05, 0) is 31.5 Å². The minimum absolute atomic E-state index is 0.400. The first-order chi connectivity index (χ1) is 9.13. The molecule has 19 heavy (non-hydrogen) atoms. The Morgan fingerprint density at radius 3 is 1.95 bits per heavy atom. The van der Waals surface area contributed by atoms with Crippen molar-refractivity contribution < 1.29 is 24.4 Å². The fourth-order valence-corrected chi connectivity index (χ4v) is 1.72. The van der Waals surface area contributed by atoms with Crippen molar-refractivity contribution in [2.24, 2.45) is 0 Å². The van der Waals surface area contributed by atoms with Crippen LogP contribution in [0, 0.1) is 0 Å². The van der Waals surface area contributed by atoms with Gasteiger partial charge in [-0.2, -0.15) is 0 Å². The SMILES string of the molecule is CCOC(OCC)C(O)C(O)c1ccc(OC)cc1. The minimum Gasteiger partial charge on any atom is -0.497 e. The third-order valence-electron chi connectivity index (χ3n) is 2.72. The van der Waals surface area contributed by atoms with Gasteiger partial charge in [-0.1, -0.05) is 12.1 Å². The van der Waals surface area contributed by atoms with E-state index in [9.17, 15) is 10.2 Å². The molecular weight excluding hydrogens is 248 g/mol. The number of aliphatic hydroxyl groups excluding tert-OH is 2. The fraction of sp³-hybridized carbons (Fsp3) is 0.571. The number of rotatable bonds is 8. The molecule has 0 heterocycles. The quantitative estimate of drug-likeness (QED) is 0.700. The van der Waals surface area contributed by atoms with Gasteiger partial charge in [0.1, 0.15) is 18.0 Å². The second-order valence-corrected chi connectivity index (χ2v) is 3.99. The van der Waals surface area contributed by atoms with E-state index >= 15 is 0 Å². The van der Waals surface area contributed by atoms with Crippen molar-refractivity contribution >= 4 is 0 Å². The Morgan fingerprint density at radius 1 is 1.00 bits per heavy atom. The highest BCUT2D eigenvalue weighted by molar-refractivity contribution is 5.28. The molecule has 0 saturated heterocycles. The molecule has 1 aromatic carbocycles. The smallest absolute Gasteiger partial charge is 0.186 e. The molecule has 0 aliphatic carbocycles. The number of methoxy groups -OCH3 is 1. The molecule has 0 spiro atoms. The summed E-state index contributed by atoms with van der Waals surface area (Å²) in [5.41, 5.74) is 0.581. The van der Waals surface area contributed by atoms with Crippen molar-refractivity contribution in [1.82, 2.24) is 0 Å². The van der Waals surface area contributed by atoms with Crippen molar-refractivity contribution in [3.63, 3.8) is 0 Å². The van der Waals surface area contributed by atoms with Gasteiger partial charge < -0.3 is 24.4 Å². The second-order valence-electron chi connectivity index (χ2n) is 3.99. The molecule has 0 amide bonds. The Kier molecular flexibility index (Phi) is 6.80. The number of hydrogen-bond acceptors (Lipinski definition) is 5. The lowest BCUT2D eigenvalue weighted by Gasteiger charge is -2.26. The van der Waals surface area contributed by atoms with Crippen LogP contribution in [0.4, 0.5) is 0 Å². The van der Waals surface area contributed by atoms with E-state index in [-0.39, 0.29) is 0 Å². The summed E-state index contributed by atoms with van der Waals surface area (Å²) in [5, 5.41) is 20.2. The molecule has 5 heteroatoms. The Labute approximate surface area is 113 Å². The van der Waals surface area contributed by atoms with Crippen molar-refractivity contribution in [2.45, 2.75) is 32.3 Å². The molecular formula is C14H22O5. The first-order valence-electron chi connectivity index (χ1n) is 6.37. The fourth-order valence-electron chi connectivity index (χ4n) is 1.72. The van der Waals surface area contributed by atoms with Crippen LogP contribution in [-0.2, 0) is 9.47 Å². The van der Waals surface area contributed by atoms with E-state index < -0.39 is 18.5 Å². The lowest BCUT2D eigenvalue weighted by molar-refractivity contribution is -0.212. The van der Waals surface area contributed by atoms with Crippen LogP contribution in [0.1, 0.15) is 25.5 Å². The summed E-state index contributed by atoms with van der Waals surface area (Å²) in [6.07, 6.45) is -3.06. The minimum atomic E-state index is -1.15. The molecule has 0 saturated carbocycles. The van der Waals surface area contributed by atoms with Gasteiger partial charge in [0, 0.05) is 13.2 Å². The Hall–Kier alpha value is -1.14. The second kappa shape index (κ2) is 8.12. The normalized spacial score (nSPS) is 14.4. The van der Waals surface area contributed by atoms with Gasteiger partial charge in [-0.25, -0.2) is 0 Å². The van der Waals surface area contributed by atoms with Crippen LogP contribution in [-0.4, -0.2) is 42.9 Å². The third kappa shape index (κ3) is 4.47. The molecule has 0 aliphatic heterocycles. The van der Waals surface area contributed by atoms with E-state index in [4.69, 9.17) is 14.2 Å². The first-order valence-corrected chi connectivity index (χ1v) is 6.37. The molecule has 0 aromatic heterocycles. The summed E-state index contributed by atoms with van der Waals surface area (Å²) in [4.78, 5) is 0. The molecule has 108 valence electrons. The summed E-state index contributed by atoms with van der Waals surface area (Å²) < 4.78 is 15.6. The first kappa shape index (κ1) is 15.9. The maximum Gasteiger partial charge on any atom is 0.186 e. The van der Waals surface area contributed by atoms with E-state index in [1.165, 1.54) is 0 Å². The molecule has 0 radical (unpaired) electrons. The van der Waals surface area contributed by atoms with E-state index in [2.05, 4.69) is 0 Å². The lowest BCUT2D eigenvalue weighted by atomic mass is 10.0. The van der Waals surface area contributed by atoms with Gasteiger partial charge in [-0.3, -0.25) is 0 Å². The summed E-state index contributed by atoms with van der Waals surface area (Å²) in [6.45, 7) is 4.41. The largest absolute Gasteiger partial charge is 0.497 e. The molecule has 5 nitrogen and oxygen atoms in total. The van der Waals surface area contributed by atoms with E-state index in [1.807, 2.05) is 0 Å². The summed E-state index contributed by atoms with van der Waals surface area (Å²) >= 11 is 0. The van der Waals surface area contributed by atoms with Crippen LogP contribution in [0.2, 0.25) is 0 Å². The maximum atomic E-state index is 10.1. The Morgan fingerprint density at radius 2 is 1.53 bits per heavy atom. The highest BCUT2D eigenvalue weighted by Gasteiger charge is 2.28. The number of hydrogen-bond donors (Lipinski definition) is 2. The Bertz CT molecular complexity index is 345. The van der Waals surface area contributed by atoms with Gasteiger partial charge in [0.25, 0.3) is 0 Å². The number of ether oxygens (including phenoxy) is 3. The maximum absolute atomic E-state index is 10.1.